The number of hydrogen-bond donors (Lipinski definition) is 2. The average molecular weight is 429 g/mol. The first-order valence-electron chi connectivity index (χ1n) is 9.98. The topological polar surface area (TPSA) is 75.4 Å². The number of benzene rings is 2. The van der Waals surface area contributed by atoms with E-state index in [-0.39, 0.29) is 23.1 Å². The van der Waals surface area contributed by atoms with Crippen LogP contribution in [0.2, 0.25) is 5.02 Å². The zero-order valence-electron chi connectivity index (χ0n) is 16.3. The van der Waals surface area contributed by atoms with Crippen molar-refractivity contribution in [1.82, 2.24) is 4.98 Å². The van der Waals surface area contributed by atoms with Crippen LogP contribution in [-0.4, -0.2) is 16.1 Å². The summed E-state index contributed by atoms with van der Waals surface area (Å²) in [6, 6.07) is 13.0. The zero-order valence-corrected chi connectivity index (χ0v) is 17.0. The number of rotatable bonds is 6. The Morgan fingerprint density at radius 1 is 1.17 bits per heavy atom. The molecule has 30 heavy (non-hydrogen) atoms. The van der Waals surface area contributed by atoms with Gasteiger partial charge in [-0.2, -0.15) is 0 Å². The highest BCUT2D eigenvalue weighted by molar-refractivity contribution is 6.31. The zero-order chi connectivity index (χ0) is 21.1. The number of nitrogens with one attached hydrogen (secondary N) is 1. The Bertz CT molecular complexity index is 1030. The van der Waals surface area contributed by atoms with Gasteiger partial charge in [0.25, 0.3) is 6.01 Å². The minimum Gasteiger partial charge on any atom is -0.481 e. The molecule has 3 aromatic rings. The summed E-state index contributed by atoms with van der Waals surface area (Å²) < 4.78 is 19.7. The predicted octanol–water partition coefficient (Wildman–Crippen LogP) is 6.63. The van der Waals surface area contributed by atoms with Crippen molar-refractivity contribution >= 4 is 29.3 Å². The molecule has 7 heteroatoms. The summed E-state index contributed by atoms with van der Waals surface area (Å²) in [7, 11) is 0. The smallest absolute Gasteiger partial charge is 0.303 e. The van der Waals surface area contributed by atoms with Gasteiger partial charge in [-0.15, -0.1) is 0 Å². The van der Waals surface area contributed by atoms with Gasteiger partial charge in [0.2, 0.25) is 0 Å². The highest BCUT2D eigenvalue weighted by atomic mass is 35.5. The van der Waals surface area contributed by atoms with Crippen LogP contribution >= 0.6 is 11.6 Å². The molecule has 1 aliphatic carbocycles. The summed E-state index contributed by atoms with van der Waals surface area (Å²) >= 11 is 5.80. The minimum atomic E-state index is -0.707. The minimum absolute atomic E-state index is 0.0272. The first-order valence-corrected chi connectivity index (χ1v) is 10.4. The highest BCUT2D eigenvalue weighted by Crippen LogP contribution is 2.38. The molecule has 0 amide bonds. The SMILES string of the molecule is O=C(O)CC1CCC(c2ccc(-c3cnc(Nc4cccc(Cl)c4F)o3)cc2)CC1. The molecule has 1 fully saturated rings. The van der Waals surface area contributed by atoms with E-state index in [0.717, 1.165) is 31.2 Å². The lowest BCUT2D eigenvalue weighted by Gasteiger charge is -2.28. The van der Waals surface area contributed by atoms with Gasteiger partial charge in [0, 0.05) is 12.0 Å². The van der Waals surface area contributed by atoms with E-state index in [0.29, 0.717) is 17.6 Å². The second kappa shape index (κ2) is 8.88. The first-order chi connectivity index (χ1) is 14.5. The van der Waals surface area contributed by atoms with Gasteiger partial charge in [-0.25, -0.2) is 9.37 Å². The van der Waals surface area contributed by atoms with Crippen LogP contribution in [0.3, 0.4) is 0 Å². The molecule has 4 rings (SSSR count). The Hall–Kier alpha value is -2.86. The summed E-state index contributed by atoms with van der Waals surface area (Å²) in [5.74, 6) is 0.0733. The van der Waals surface area contributed by atoms with Crippen molar-refractivity contribution in [3.05, 3.63) is 65.1 Å². The maximum atomic E-state index is 14.0. The lowest BCUT2D eigenvalue weighted by Crippen LogP contribution is -2.16. The lowest BCUT2D eigenvalue weighted by molar-refractivity contribution is -0.138. The van der Waals surface area contributed by atoms with E-state index in [1.807, 2.05) is 12.1 Å². The summed E-state index contributed by atoms with van der Waals surface area (Å²) in [4.78, 5) is 15.1. The van der Waals surface area contributed by atoms with E-state index in [4.69, 9.17) is 21.1 Å². The fourth-order valence-corrected chi connectivity index (χ4v) is 4.22. The Balaban J connectivity index is 1.40. The van der Waals surface area contributed by atoms with Gasteiger partial charge in [0.1, 0.15) is 0 Å². The first kappa shape index (κ1) is 20.4. The molecule has 2 N–H and O–H groups in total. The molecule has 0 saturated heterocycles. The molecule has 1 aromatic heterocycles. The average Bonchev–Trinajstić information content (AvgIpc) is 3.20. The van der Waals surface area contributed by atoms with Crippen LogP contribution in [-0.2, 0) is 4.79 Å². The number of aliphatic carboxylic acids is 1. The predicted molar refractivity (Wildman–Crippen MR) is 114 cm³/mol. The second-order valence-electron chi connectivity index (χ2n) is 7.69. The Labute approximate surface area is 178 Å². The van der Waals surface area contributed by atoms with Crippen molar-refractivity contribution in [2.24, 2.45) is 5.92 Å². The van der Waals surface area contributed by atoms with Crippen LogP contribution in [0.25, 0.3) is 11.3 Å². The Morgan fingerprint density at radius 2 is 1.90 bits per heavy atom. The number of nitrogens with zero attached hydrogens (tertiary/aromatic N) is 1. The molecule has 0 atom stereocenters. The third-order valence-corrected chi connectivity index (χ3v) is 5.97. The second-order valence-corrected chi connectivity index (χ2v) is 8.10. The quantitative estimate of drug-likeness (QED) is 0.461. The van der Waals surface area contributed by atoms with Crippen LogP contribution in [0, 0.1) is 11.7 Å². The molecule has 0 bridgehead atoms. The third kappa shape index (κ3) is 4.65. The monoisotopic (exact) mass is 428 g/mol. The number of anilines is 2. The maximum Gasteiger partial charge on any atom is 0.303 e. The molecule has 5 nitrogen and oxygen atoms in total. The standard InChI is InChI=1S/C23H22ClFN2O3/c24-18-2-1-3-19(22(18)25)27-23-26-13-20(30-23)17-10-8-16(9-11-17)15-6-4-14(5-7-15)12-21(28)29/h1-3,8-11,13-15H,4-7,12H2,(H,26,27)(H,28,29). The molecular weight excluding hydrogens is 407 g/mol. The summed E-state index contributed by atoms with van der Waals surface area (Å²) in [6.45, 7) is 0. The van der Waals surface area contributed by atoms with E-state index >= 15 is 0 Å². The Kier molecular flexibility index (Phi) is 6.04. The summed E-state index contributed by atoms with van der Waals surface area (Å²) in [5, 5.41) is 11.8. The Morgan fingerprint density at radius 3 is 2.60 bits per heavy atom. The van der Waals surface area contributed by atoms with Crippen molar-refractivity contribution in [2.75, 3.05) is 5.32 Å². The van der Waals surface area contributed by atoms with Crippen molar-refractivity contribution in [3.63, 3.8) is 0 Å². The van der Waals surface area contributed by atoms with Gasteiger partial charge >= 0.3 is 5.97 Å². The van der Waals surface area contributed by atoms with E-state index in [2.05, 4.69) is 22.4 Å². The van der Waals surface area contributed by atoms with Crippen molar-refractivity contribution in [1.29, 1.82) is 0 Å². The van der Waals surface area contributed by atoms with Crippen LogP contribution in [0.5, 0.6) is 0 Å². The number of carboxylic acid groups (broad SMARTS) is 1. The molecule has 0 aliphatic heterocycles. The summed E-state index contributed by atoms with van der Waals surface area (Å²) in [5.41, 5.74) is 2.33. The van der Waals surface area contributed by atoms with Gasteiger partial charge in [0.05, 0.1) is 16.9 Å². The third-order valence-electron chi connectivity index (χ3n) is 5.68. The molecule has 156 valence electrons. The highest BCUT2D eigenvalue weighted by Gasteiger charge is 2.24. The molecule has 0 unspecified atom stereocenters. The van der Waals surface area contributed by atoms with E-state index < -0.39 is 11.8 Å². The molecule has 1 saturated carbocycles. The van der Waals surface area contributed by atoms with E-state index in [1.54, 1.807) is 18.3 Å². The number of carbonyl (C=O) groups is 1. The van der Waals surface area contributed by atoms with Gasteiger partial charge < -0.3 is 14.8 Å². The van der Waals surface area contributed by atoms with Crippen molar-refractivity contribution in [3.8, 4) is 11.3 Å². The molecule has 2 aromatic carbocycles. The number of hydrogen-bond acceptors (Lipinski definition) is 4. The van der Waals surface area contributed by atoms with Crippen molar-refractivity contribution in [2.45, 2.75) is 38.0 Å². The molecule has 1 heterocycles. The van der Waals surface area contributed by atoms with E-state index in [1.165, 1.54) is 11.6 Å². The number of halogens is 2. The number of aromatic nitrogens is 1. The van der Waals surface area contributed by atoms with Gasteiger partial charge in [-0.05, 0) is 55.2 Å². The largest absolute Gasteiger partial charge is 0.481 e. The van der Waals surface area contributed by atoms with Crippen LogP contribution < -0.4 is 5.32 Å². The normalized spacial score (nSPS) is 18.9. The van der Waals surface area contributed by atoms with Crippen LogP contribution in [0.15, 0.2) is 53.1 Å². The number of oxazole rings is 1. The van der Waals surface area contributed by atoms with Gasteiger partial charge in [-0.1, -0.05) is 41.9 Å². The maximum absolute atomic E-state index is 14.0. The fraction of sp³-hybridized carbons (Fsp3) is 0.304. The van der Waals surface area contributed by atoms with Gasteiger partial charge in [0.15, 0.2) is 11.6 Å². The molecule has 0 spiro atoms. The van der Waals surface area contributed by atoms with Crippen LogP contribution in [0.4, 0.5) is 16.1 Å². The number of carboxylic acids is 1. The molecule has 0 radical (unpaired) electrons. The van der Waals surface area contributed by atoms with Crippen LogP contribution in [0.1, 0.15) is 43.6 Å². The molecule has 1 aliphatic rings. The fourth-order valence-electron chi connectivity index (χ4n) is 4.05. The summed E-state index contributed by atoms with van der Waals surface area (Å²) in [6.07, 6.45) is 5.80. The van der Waals surface area contributed by atoms with Gasteiger partial charge in [-0.3, -0.25) is 4.79 Å². The van der Waals surface area contributed by atoms with E-state index in [9.17, 15) is 9.18 Å². The lowest BCUT2D eigenvalue weighted by atomic mass is 9.77. The van der Waals surface area contributed by atoms with Crippen molar-refractivity contribution < 1.29 is 18.7 Å². The molecular formula is C23H22ClFN2O3.